The fraction of sp³-hybridized carbons (Fsp3) is 0.300. The van der Waals surface area contributed by atoms with Crippen molar-refractivity contribution in [3.05, 3.63) is 53.6 Å². The lowest BCUT2D eigenvalue weighted by Gasteiger charge is -2.20. The summed E-state index contributed by atoms with van der Waals surface area (Å²) >= 11 is 1.59. The van der Waals surface area contributed by atoms with E-state index in [4.69, 9.17) is 4.74 Å². The van der Waals surface area contributed by atoms with Crippen molar-refractivity contribution >= 4 is 29.3 Å². The molecule has 2 amide bonds. The maximum absolute atomic E-state index is 12.7. The van der Waals surface area contributed by atoms with Gasteiger partial charge in [0.15, 0.2) is 0 Å². The molecule has 1 N–H and O–H groups in total. The third kappa shape index (κ3) is 4.19. The van der Waals surface area contributed by atoms with Crippen LogP contribution in [0.2, 0.25) is 0 Å². The molecule has 2 aromatic rings. The van der Waals surface area contributed by atoms with Crippen LogP contribution in [0.25, 0.3) is 0 Å². The first-order valence-corrected chi connectivity index (χ1v) is 9.29. The first kappa shape index (κ1) is 18.3. The Balaban J connectivity index is 1.55. The standard InChI is InChI=1S/C20H22N2O3S/c1-13-4-5-14-11-18(26-17(14)10-13)20(24)22(2)12-19(23)21-15-6-8-16(25-3)9-7-15/h4-10,18H,11-12H2,1-3H3,(H,21,23). The van der Waals surface area contributed by atoms with E-state index in [0.29, 0.717) is 12.1 Å². The average Bonchev–Trinajstić information content (AvgIpc) is 3.04. The first-order chi connectivity index (χ1) is 12.5. The van der Waals surface area contributed by atoms with Gasteiger partial charge in [-0.1, -0.05) is 17.7 Å². The molecule has 0 aliphatic carbocycles. The maximum atomic E-state index is 12.7. The van der Waals surface area contributed by atoms with Crippen LogP contribution in [0.5, 0.6) is 5.75 Å². The van der Waals surface area contributed by atoms with Crippen LogP contribution in [0, 0.1) is 6.92 Å². The van der Waals surface area contributed by atoms with E-state index >= 15 is 0 Å². The molecule has 136 valence electrons. The minimum absolute atomic E-state index is 0.0197. The molecule has 1 aliphatic heterocycles. The zero-order valence-electron chi connectivity index (χ0n) is 15.1. The molecule has 1 heterocycles. The smallest absolute Gasteiger partial charge is 0.243 e. The van der Waals surface area contributed by atoms with Crippen molar-refractivity contribution in [1.82, 2.24) is 4.90 Å². The predicted molar refractivity (Wildman–Crippen MR) is 104 cm³/mol. The van der Waals surface area contributed by atoms with Gasteiger partial charge in [0, 0.05) is 17.6 Å². The second-order valence-electron chi connectivity index (χ2n) is 6.39. The highest BCUT2D eigenvalue weighted by Gasteiger charge is 2.30. The number of rotatable bonds is 5. The van der Waals surface area contributed by atoms with E-state index in [1.165, 1.54) is 20.9 Å². The molecule has 0 aromatic heterocycles. The average molecular weight is 370 g/mol. The van der Waals surface area contributed by atoms with Gasteiger partial charge in [-0.2, -0.15) is 0 Å². The molecule has 3 rings (SSSR count). The van der Waals surface area contributed by atoms with Crippen LogP contribution in [0.15, 0.2) is 47.4 Å². The summed E-state index contributed by atoms with van der Waals surface area (Å²) in [6, 6.07) is 13.4. The Morgan fingerprint density at radius 2 is 1.96 bits per heavy atom. The Morgan fingerprint density at radius 1 is 1.23 bits per heavy atom. The SMILES string of the molecule is COc1ccc(NC(=O)CN(C)C(=O)C2Cc3ccc(C)cc3S2)cc1. The topological polar surface area (TPSA) is 58.6 Å². The van der Waals surface area contributed by atoms with E-state index in [-0.39, 0.29) is 23.6 Å². The number of carbonyl (C=O) groups excluding carboxylic acids is 2. The van der Waals surface area contributed by atoms with E-state index < -0.39 is 0 Å². The van der Waals surface area contributed by atoms with E-state index in [1.807, 2.05) is 6.92 Å². The molecule has 0 spiro atoms. The van der Waals surface area contributed by atoms with Crippen LogP contribution in [-0.4, -0.2) is 42.7 Å². The Bertz CT molecular complexity index is 820. The van der Waals surface area contributed by atoms with Crippen molar-refractivity contribution in [3.8, 4) is 5.75 Å². The number of thioether (sulfide) groups is 1. The third-order valence-corrected chi connectivity index (χ3v) is 5.59. The van der Waals surface area contributed by atoms with Crippen molar-refractivity contribution in [2.45, 2.75) is 23.5 Å². The van der Waals surface area contributed by atoms with Gasteiger partial charge in [0.25, 0.3) is 0 Å². The van der Waals surface area contributed by atoms with Gasteiger partial charge in [-0.3, -0.25) is 9.59 Å². The van der Waals surface area contributed by atoms with Gasteiger partial charge in [0.1, 0.15) is 5.75 Å². The second kappa shape index (κ2) is 7.83. The number of nitrogens with one attached hydrogen (secondary N) is 1. The lowest BCUT2D eigenvalue weighted by Crippen LogP contribution is -2.39. The summed E-state index contributed by atoms with van der Waals surface area (Å²) in [6.07, 6.45) is 0.712. The number of fused-ring (bicyclic) bond motifs is 1. The number of hydrogen-bond acceptors (Lipinski definition) is 4. The Morgan fingerprint density at radius 3 is 2.65 bits per heavy atom. The first-order valence-electron chi connectivity index (χ1n) is 8.41. The molecule has 0 saturated carbocycles. The summed E-state index contributed by atoms with van der Waals surface area (Å²) in [5, 5.41) is 2.64. The number of hydrogen-bond donors (Lipinski definition) is 1. The zero-order valence-corrected chi connectivity index (χ0v) is 15.9. The highest BCUT2D eigenvalue weighted by Crippen LogP contribution is 2.38. The normalized spacial score (nSPS) is 15.3. The van der Waals surface area contributed by atoms with Crippen molar-refractivity contribution in [1.29, 1.82) is 0 Å². The number of nitrogens with zero attached hydrogens (tertiary/aromatic N) is 1. The number of anilines is 1. The lowest BCUT2D eigenvalue weighted by atomic mass is 10.1. The molecule has 5 nitrogen and oxygen atoms in total. The number of amides is 2. The van der Waals surface area contributed by atoms with Gasteiger partial charge in [0.05, 0.1) is 18.9 Å². The minimum atomic E-state index is -0.220. The summed E-state index contributed by atoms with van der Waals surface area (Å²) in [7, 11) is 3.26. The van der Waals surface area contributed by atoms with Crippen LogP contribution in [0.1, 0.15) is 11.1 Å². The fourth-order valence-corrected chi connectivity index (χ4v) is 4.29. The van der Waals surface area contributed by atoms with Crippen LogP contribution < -0.4 is 10.1 Å². The molecule has 1 unspecified atom stereocenters. The van der Waals surface area contributed by atoms with E-state index in [2.05, 4.69) is 23.5 Å². The Kier molecular flexibility index (Phi) is 5.52. The van der Waals surface area contributed by atoms with Gasteiger partial charge >= 0.3 is 0 Å². The van der Waals surface area contributed by atoms with Gasteiger partial charge in [-0.05, 0) is 49.2 Å². The van der Waals surface area contributed by atoms with Crippen LogP contribution in [0.3, 0.4) is 0 Å². The van der Waals surface area contributed by atoms with Gasteiger partial charge < -0.3 is 15.0 Å². The van der Waals surface area contributed by atoms with E-state index in [9.17, 15) is 9.59 Å². The molecule has 2 aromatic carbocycles. The highest BCUT2D eigenvalue weighted by molar-refractivity contribution is 8.01. The highest BCUT2D eigenvalue weighted by atomic mass is 32.2. The summed E-state index contributed by atoms with van der Waals surface area (Å²) in [5.74, 6) is 0.486. The van der Waals surface area contributed by atoms with E-state index in [0.717, 1.165) is 5.75 Å². The zero-order chi connectivity index (χ0) is 18.7. The molecule has 0 saturated heterocycles. The molecule has 1 atom stereocenters. The molecule has 26 heavy (non-hydrogen) atoms. The molecular weight excluding hydrogens is 348 g/mol. The molecule has 0 bridgehead atoms. The number of likely N-dealkylation sites (N-methyl/N-ethyl adjacent to an activating group) is 1. The van der Waals surface area contributed by atoms with Crippen LogP contribution in [-0.2, 0) is 16.0 Å². The number of aryl methyl sites for hydroxylation is 1. The summed E-state index contributed by atoms with van der Waals surface area (Å²) in [5.41, 5.74) is 3.07. The van der Waals surface area contributed by atoms with E-state index in [1.54, 1.807) is 50.2 Å². The van der Waals surface area contributed by atoms with Gasteiger partial charge in [0.2, 0.25) is 11.8 Å². The maximum Gasteiger partial charge on any atom is 0.243 e. The lowest BCUT2D eigenvalue weighted by molar-refractivity contribution is -0.132. The Hall–Kier alpha value is -2.47. The predicted octanol–water partition coefficient (Wildman–Crippen LogP) is 3.12. The van der Waals surface area contributed by atoms with Crippen molar-refractivity contribution < 1.29 is 14.3 Å². The monoisotopic (exact) mass is 370 g/mol. The minimum Gasteiger partial charge on any atom is -0.497 e. The summed E-state index contributed by atoms with van der Waals surface area (Å²) in [4.78, 5) is 27.6. The van der Waals surface area contributed by atoms with Crippen molar-refractivity contribution in [3.63, 3.8) is 0 Å². The Labute approximate surface area is 157 Å². The van der Waals surface area contributed by atoms with Crippen molar-refractivity contribution in [2.75, 3.05) is 26.0 Å². The number of benzene rings is 2. The second-order valence-corrected chi connectivity index (χ2v) is 7.64. The summed E-state index contributed by atoms with van der Waals surface area (Å²) in [6.45, 7) is 2.07. The number of carbonyl (C=O) groups is 2. The van der Waals surface area contributed by atoms with Gasteiger partial charge in [-0.25, -0.2) is 0 Å². The van der Waals surface area contributed by atoms with Crippen LogP contribution >= 0.6 is 11.8 Å². The molecule has 0 radical (unpaired) electrons. The third-order valence-electron chi connectivity index (χ3n) is 4.30. The largest absolute Gasteiger partial charge is 0.497 e. The van der Waals surface area contributed by atoms with Gasteiger partial charge in [-0.15, -0.1) is 11.8 Å². The van der Waals surface area contributed by atoms with Crippen LogP contribution in [0.4, 0.5) is 5.69 Å². The fourth-order valence-electron chi connectivity index (χ4n) is 2.89. The quantitative estimate of drug-likeness (QED) is 0.879. The number of ether oxygens (including phenoxy) is 1. The van der Waals surface area contributed by atoms with Crippen molar-refractivity contribution in [2.24, 2.45) is 0 Å². The molecule has 1 aliphatic rings. The summed E-state index contributed by atoms with van der Waals surface area (Å²) < 4.78 is 5.09. The molecule has 0 fully saturated rings. The molecule has 6 heteroatoms. The molecular formula is C20H22N2O3S. The number of methoxy groups -OCH3 is 1.